The van der Waals surface area contributed by atoms with Crippen molar-refractivity contribution in [3.8, 4) is 0 Å². The number of alkyl halides is 1. The monoisotopic (exact) mass is 294 g/mol. The van der Waals surface area contributed by atoms with Crippen LogP contribution in [-0.2, 0) is 5.88 Å². The summed E-state index contributed by atoms with van der Waals surface area (Å²) in [5.74, 6) is 0.500. The molecule has 0 radical (unpaired) electrons. The molecule has 0 fully saturated rings. The molecule has 1 heterocycles. The lowest BCUT2D eigenvalue weighted by molar-refractivity contribution is 1.46. The number of fused-ring (bicyclic) bond motifs is 1. The zero-order chi connectivity index (χ0) is 9.42. The average Bonchev–Trinajstić information content (AvgIpc) is 2.51. The Morgan fingerprint density at radius 1 is 1.38 bits per heavy atom. The normalized spacial score (nSPS) is 11.0. The Kier molecular flexibility index (Phi) is 2.84. The minimum absolute atomic E-state index is 0.500. The van der Waals surface area contributed by atoms with Gasteiger partial charge in [-0.2, -0.15) is 0 Å². The fraction of sp³-hybridized carbons (Fsp3) is 0.111. The molecule has 0 atom stereocenters. The summed E-state index contributed by atoms with van der Waals surface area (Å²) in [4.78, 5) is 0. The fourth-order valence-electron chi connectivity index (χ4n) is 1.26. The average molecular weight is 296 g/mol. The van der Waals surface area contributed by atoms with Crippen LogP contribution in [0.25, 0.3) is 10.1 Å². The molecule has 2 aromatic rings. The van der Waals surface area contributed by atoms with Gasteiger partial charge in [0.15, 0.2) is 0 Å². The predicted molar refractivity (Wildman–Crippen MR) is 64.1 cm³/mol. The quantitative estimate of drug-likeness (QED) is 0.645. The first-order valence-corrected chi connectivity index (χ1v) is 6.22. The molecular weight excluding hydrogens is 291 g/mol. The standard InChI is InChI=1S/C9H5BrCl2S/c10-6-2-1-5(3-11)8-7(12)4-13-9(6)8/h1-2,4H,3H2. The van der Waals surface area contributed by atoms with Gasteiger partial charge in [-0.15, -0.1) is 22.9 Å². The van der Waals surface area contributed by atoms with Crippen molar-refractivity contribution in [1.82, 2.24) is 0 Å². The molecule has 0 aliphatic carbocycles. The first-order valence-electron chi connectivity index (χ1n) is 3.64. The van der Waals surface area contributed by atoms with Crippen molar-refractivity contribution in [3.05, 3.63) is 32.6 Å². The Morgan fingerprint density at radius 2 is 2.15 bits per heavy atom. The minimum atomic E-state index is 0.500. The molecule has 0 unspecified atom stereocenters. The number of hydrogen-bond donors (Lipinski definition) is 0. The lowest BCUT2D eigenvalue weighted by Gasteiger charge is -2.00. The first-order chi connectivity index (χ1) is 6.24. The molecule has 0 amide bonds. The van der Waals surface area contributed by atoms with E-state index in [4.69, 9.17) is 23.2 Å². The van der Waals surface area contributed by atoms with E-state index in [1.165, 1.54) is 4.70 Å². The third kappa shape index (κ3) is 1.61. The van der Waals surface area contributed by atoms with Gasteiger partial charge in [0.25, 0.3) is 0 Å². The van der Waals surface area contributed by atoms with E-state index in [2.05, 4.69) is 15.9 Å². The molecule has 68 valence electrons. The smallest absolute Gasteiger partial charge is 0.0595 e. The van der Waals surface area contributed by atoms with Gasteiger partial charge in [-0.1, -0.05) is 17.7 Å². The van der Waals surface area contributed by atoms with Gasteiger partial charge in [-0.25, -0.2) is 0 Å². The highest BCUT2D eigenvalue weighted by Gasteiger charge is 2.09. The van der Waals surface area contributed by atoms with E-state index in [1.54, 1.807) is 11.3 Å². The van der Waals surface area contributed by atoms with Gasteiger partial charge in [0.2, 0.25) is 0 Å². The molecule has 4 heteroatoms. The second kappa shape index (κ2) is 3.77. The van der Waals surface area contributed by atoms with Gasteiger partial charge in [-0.05, 0) is 27.6 Å². The van der Waals surface area contributed by atoms with Crippen LogP contribution in [0, 0.1) is 0 Å². The number of thiophene rings is 1. The minimum Gasteiger partial charge on any atom is -0.141 e. The van der Waals surface area contributed by atoms with Crippen molar-refractivity contribution < 1.29 is 0 Å². The summed E-state index contributed by atoms with van der Waals surface area (Å²) in [5, 5.41) is 3.81. The van der Waals surface area contributed by atoms with Gasteiger partial charge >= 0.3 is 0 Å². The molecule has 1 aromatic heterocycles. The SMILES string of the molecule is ClCc1ccc(Br)c2scc(Cl)c12. The molecule has 13 heavy (non-hydrogen) atoms. The molecule has 2 rings (SSSR count). The highest BCUT2D eigenvalue weighted by molar-refractivity contribution is 9.10. The van der Waals surface area contributed by atoms with E-state index >= 15 is 0 Å². The van der Waals surface area contributed by atoms with Crippen LogP contribution in [0.4, 0.5) is 0 Å². The van der Waals surface area contributed by atoms with Crippen molar-refractivity contribution in [3.63, 3.8) is 0 Å². The molecule has 0 spiro atoms. The molecule has 0 saturated heterocycles. The fourth-order valence-corrected chi connectivity index (χ4v) is 3.37. The first kappa shape index (κ1) is 9.78. The molecule has 0 nitrogen and oxygen atoms in total. The molecule has 0 N–H and O–H groups in total. The summed E-state index contributed by atoms with van der Waals surface area (Å²) in [6, 6.07) is 4.00. The number of benzene rings is 1. The predicted octanol–water partition coefficient (Wildman–Crippen LogP) is 5.06. The summed E-state index contributed by atoms with van der Waals surface area (Å²) in [6.07, 6.45) is 0. The maximum absolute atomic E-state index is 6.06. The molecular formula is C9H5BrCl2S. The molecule has 0 aliphatic heterocycles. The second-order valence-corrected chi connectivity index (χ2v) is 5.04. The van der Waals surface area contributed by atoms with E-state index in [-0.39, 0.29) is 0 Å². The zero-order valence-electron chi connectivity index (χ0n) is 6.48. The third-order valence-electron chi connectivity index (χ3n) is 1.86. The van der Waals surface area contributed by atoms with Crippen LogP contribution in [-0.4, -0.2) is 0 Å². The third-order valence-corrected chi connectivity index (χ3v) is 4.51. The lowest BCUT2D eigenvalue weighted by atomic mass is 10.1. The van der Waals surface area contributed by atoms with Crippen molar-refractivity contribution in [2.45, 2.75) is 5.88 Å². The molecule has 0 saturated carbocycles. The van der Waals surface area contributed by atoms with Crippen molar-refractivity contribution in [2.24, 2.45) is 0 Å². The van der Waals surface area contributed by atoms with Crippen LogP contribution in [0.1, 0.15) is 5.56 Å². The molecule has 0 aliphatic rings. The lowest BCUT2D eigenvalue weighted by Crippen LogP contribution is -1.79. The van der Waals surface area contributed by atoms with Crippen LogP contribution >= 0.6 is 50.5 Å². The van der Waals surface area contributed by atoms with E-state index in [9.17, 15) is 0 Å². The molecule has 1 aromatic carbocycles. The van der Waals surface area contributed by atoms with Crippen LogP contribution in [0.5, 0.6) is 0 Å². The Hall–Kier alpha value is 0.240. The Bertz CT molecular complexity index is 450. The Morgan fingerprint density at radius 3 is 2.85 bits per heavy atom. The summed E-state index contributed by atoms with van der Waals surface area (Å²) < 4.78 is 2.25. The Balaban J connectivity index is 2.88. The van der Waals surface area contributed by atoms with Crippen LogP contribution in [0.15, 0.2) is 22.0 Å². The van der Waals surface area contributed by atoms with Crippen LogP contribution < -0.4 is 0 Å². The summed E-state index contributed by atoms with van der Waals surface area (Å²) in [6.45, 7) is 0. The zero-order valence-corrected chi connectivity index (χ0v) is 10.4. The highest BCUT2D eigenvalue weighted by atomic mass is 79.9. The van der Waals surface area contributed by atoms with E-state index in [1.807, 2.05) is 17.5 Å². The van der Waals surface area contributed by atoms with Crippen molar-refractivity contribution in [1.29, 1.82) is 0 Å². The maximum Gasteiger partial charge on any atom is 0.0595 e. The Labute approximate surface area is 98.6 Å². The number of rotatable bonds is 1. The van der Waals surface area contributed by atoms with Gasteiger partial charge in [-0.3, -0.25) is 0 Å². The number of halogens is 3. The summed E-state index contributed by atoms with van der Waals surface area (Å²) in [5.41, 5.74) is 1.09. The largest absolute Gasteiger partial charge is 0.141 e. The number of hydrogen-bond acceptors (Lipinski definition) is 1. The van der Waals surface area contributed by atoms with Gasteiger partial charge in [0.05, 0.1) is 9.72 Å². The van der Waals surface area contributed by atoms with Gasteiger partial charge in [0.1, 0.15) is 0 Å². The van der Waals surface area contributed by atoms with Crippen molar-refractivity contribution in [2.75, 3.05) is 0 Å². The molecule has 0 bridgehead atoms. The van der Waals surface area contributed by atoms with E-state index in [0.717, 1.165) is 20.4 Å². The summed E-state index contributed by atoms with van der Waals surface area (Å²) >= 11 is 17.0. The second-order valence-electron chi connectivity index (χ2n) is 2.63. The van der Waals surface area contributed by atoms with Crippen molar-refractivity contribution >= 4 is 60.6 Å². The summed E-state index contributed by atoms with van der Waals surface area (Å²) in [7, 11) is 0. The van der Waals surface area contributed by atoms with Crippen LogP contribution in [0.3, 0.4) is 0 Å². The maximum atomic E-state index is 6.06. The topological polar surface area (TPSA) is 0 Å². The van der Waals surface area contributed by atoms with Gasteiger partial charge in [0, 0.05) is 21.1 Å². The highest BCUT2D eigenvalue weighted by Crippen LogP contribution is 2.37. The van der Waals surface area contributed by atoms with Gasteiger partial charge < -0.3 is 0 Å². The van der Waals surface area contributed by atoms with E-state index in [0.29, 0.717) is 5.88 Å². The van der Waals surface area contributed by atoms with Crippen LogP contribution in [0.2, 0.25) is 5.02 Å². The van der Waals surface area contributed by atoms with E-state index < -0.39 is 0 Å².